The molecule has 0 spiro atoms. The molecule has 0 radical (unpaired) electrons. The van der Waals surface area contributed by atoms with Gasteiger partial charge in [0.25, 0.3) is 0 Å². The number of esters is 1. The van der Waals surface area contributed by atoms with E-state index >= 15 is 0 Å². The molecule has 12 heteroatoms. The van der Waals surface area contributed by atoms with Gasteiger partial charge in [-0.2, -0.15) is 0 Å². The predicted octanol–water partition coefficient (Wildman–Crippen LogP) is 3.56. The van der Waals surface area contributed by atoms with E-state index in [9.17, 15) is 23.1 Å². The molecular formula is C22H21ClN2O6S3. The summed E-state index contributed by atoms with van der Waals surface area (Å²) in [5, 5.41) is 16.0. The first-order valence-corrected chi connectivity index (χ1v) is 13.7. The van der Waals surface area contributed by atoms with E-state index in [-0.39, 0.29) is 23.0 Å². The van der Waals surface area contributed by atoms with E-state index in [0.717, 1.165) is 18.9 Å². The van der Waals surface area contributed by atoms with Gasteiger partial charge in [0.1, 0.15) is 4.34 Å². The third-order valence-corrected chi connectivity index (χ3v) is 8.95. The zero-order chi connectivity index (χ0) is 24.8. The van der Waals surface area contributed by atoms with Crippen molar-refractivity contribution in [1.82, 2.24) is 4.98 Å². The Morgan fingerprint density at radius 1 is 1.18 bits per heavy atom. The minimum Gasteiger partial charge on any atom is -0.467 e. The van der Waals surface area contributed by atoms with Gasteiger partial charge in [0, 0.05) is 33.6 Å². The predicted molar refractivity (Wildman–Crippen MR) is 133 cm³/mol. The number of thiazole rings is 1. The number of ether oxygens (including phenoxy) is 1. The SMILES string of the molecule is COC(=O)C(O)(CSc1nccs1)CS(=O)(=O)c1ccc(NCC(=O)c2ccc(Cl)cc2)cc1. The van der Waals surface area contributed by atoms with Gasteiger partial charge in [-0.1, -0.05) is 23.4 Å². The molecule has 0 aliphatic carbocycles. The van der Waals surface area contributed by atoms with E-state index in [0.29, 0.717) is 20.6 Å². The third kappa shape index (κ3) is 6.80. The van der Waals surface area contributed by atoms with Crippen molar-refractivity contribution in [2.75, 3.05) is 30.5 Å². The van der Waals surface area contributed by atoms with Crippen molar-refractivity contribution in [2.24, 2.45) is 0 Å². The molecule has 0 amide bonds. The molecule has 0 aliphatic rings. The molecule has 0 fully saturated rings. The molecule has 2 N–H and O–H groups in total. The number of methoxy groups -OCH3 is 1. The second-order valence-corrected chi connectivity index (χ2v) is 11.7. The molecule has 180 valence electrons. The molecule has 34 heavy (non-hydrogen) atoms. The fourth-order valence-corrected chi connectivity index (χ4v) is 6.42. The molecule has 3 rings (SSSR count). The summed E-state index contributed by atoms with van der Waals surface area (Å²) in [6.07, 6.45) is 1.57. The van der Waals surface area contributed by atoms with E-state index in [1.54, 1.807) is 35.8 Å². The number of hydrogen-bond donors (Lipinski definition) is 2. The molecule has 8 nitrogen and oxygen atoms in total. The number of hydrogen-bond acceptors (Lipinski definition) is 10. The Hall–Kier alpha value is -2.44. The van der Waals surface area contributed by atoms with Crippen molar-refractivity contribution in [1.29, 1.82) is 0 Å². The van der Waals surface area contributed by atoms with Crippen molar-refractivity contribution in [3.05, 3.63) is 70.7 Å². The van der Waals surface area contributed by atoms with Gasteiger partial charge in [0.15, 0.2) is 21.2 Å². The highest BCUT2D eigenvalue weighted by molar-refractivity contribution is 8.01. The maximum absolute atomic E-state index is 12.9. The monoisotopic (exact) mass is 540 g/mol. The molecule has 2 aromatic carbocycles. The van der Waals surface area contributed by atoms with Gasteiger partial charge in [-0.25, -0.2) is 18.2 Å². The Bertz CT molecular complexity index is 1230. The van der Waals surface area contributed by atoms with Gasteiger partial charge in [0.2, 0.25) is 0 Å². The number of rotatable bonds is 11. The maximum Gasteiger partial charge on any atom is 0.339 e. The minimum absolute atomic E-state index is 0.00377. The number of nitrogens with zero attached hydrogens (tertiary/aromatic N) is 1. The lowest BCUT2D eigenvalue weighted by molar-refractivity contribution is -0.157. The van der Waals surface area contributed by atoms with Crippen LogP contribution in [0.5, 0.6) is 0 Å². The summed E-state index contributed by atoms with van der Waals surface area (Å²) in [4.78, 5) is 28.5. The lowest BCUT2D eigenvalue weighted by atomic mass is 10.1. The largest absolute Gasteiger partial charge is 0.467 e. The number of Topliss-reactive ketones (excluding diaryl/α,β-unsaturated/α-hetero) is 1. The number of sulfone groups is 1. The summed E-state index contributed by atoms with van der Waals surface area (Å²) >= 11 is 8.20. The number of benzene rings is 2. The first kappa shape index (κ1) is 26.2. The van der Waals surface area contributed by atoms with E-state index < -0.39 is 27.2 Å². The molecule has 0 bridgehead atoms. The van der Waals surface area contributed by atoms with Crippen LogP contribution < -0.4 is 5.32 Å². The number of aliphatic hydroxyl groups is 1. The van der Waals surface area contributed by atoms with Crippen LogP contribution in [0.1, 0.15) is 10.4 Å². The minimum atomic E-state index is -4.05. The van der Waals surface area contributed by atoms with Crippen molar-refractivity contribution in [3.63, 3.8) is 0 Å². The summed E-state index contributed by atoms with van der Waals surface area (Å²) in [6.45, 7) is 0.00377. The Morgan fingerprint density at radius 3 is 2.44 bits per heavy atom. The molecule has 3 aromatic rings. The zero-order valence-electron chi connectivity index (χ0n) is 17.9. The highest BCUT2D eigenvalue weighted by Crippen LogP contribution is 2.28. The highest BCUT2D eigenvalue weighted by Gasteiger charge is 2.42. The summed E-state index contributed by atoms with van der Waals surface area (Å²) < 4.78 is 31.1. The third-order valence-electron chi connectivity index (χ3n) is 4.67. The smallest absolute Gasteiger partial charge is 0.339 e. The highest BCUT2D eigenvalue weighted by atomic mass is 35.5. The Kier molecular flexibility index (Phi) is 8.72. The van der Waals surface area contributed by atoms with E-state index in [4.69, 9.17) is 11.6 Å². The number of thioether (sulfide) groups is 1. The van der Waals surface area contributed by atoms with Gasteiger partial charge < -0.3 is 15.2 Å². The Balaban J connectivity index is 1.66. The lowest BCUT2D eigenvalue weighted by Gasteiger charge is -2.24. The number of halogens is 1. The topological polar surface area (TPSA) is 123 Å². The van der Waals surface area contributed by atoms with Crippen LogP contribution in [0.4, 0.5) is 5.69 Å². The van der Waals surface area contributed by atoms with E-state index in [2.05, 4.69) is 15.0 Å². The molecular weight excluding hydrogens is 520 g/mol. The van der Waals surface area contributed by atoms with Crippen LogP contribution in [0.2, 0.25) is 5.02 Å². The molecule has 1 atom stereocenters. The molecule has 0 saturated carbocycles. The van der Waals surface area contributed by atoms with Crippen LogP contribution in [0.3, 0.4) is 0 Å². The summed E-state index contributed by atoms with van der Waals surface area (Å²) in [7, 11) is -2.96. The second-order valence-electron chi connectivity index (χ2n) is 7.18. The van der Waals surface area contributed by atoms with Crippen LogP contribution in [0, 0.1) is 0 Å². The van der Waals surface area contributed by atoms with Crippen LogP contribution in [-0.4, -0.2) is 61.0 Å². The van der Waals surface area contributed by atoms with Crippen molar-refractivity contribution in [2.45, 2.75) is 14.8 Å². The summed E-state index contributed by atoms with van der Waals surface area (Å²) in [5.41, 5.74) is -1.23. The van der Waals surface area contributed by atoms with Crippen LogP contribution in [0.15, 0.2) is 69.3 Å². The molecule has 1 unspecified atom stereocenters. The van der Waals surface area contributed by atoms with Gasteiger partial charge in [0.05, 0.1) is 24.3 Å². The molecule has 1 aromatic heterocycles. The van der Waals surface area contributed by atoms with Crippen LogP contribution in [-0.2, 0) is 19.4 Å². The lowest BCUT2D eigenvalue weighted by Crippen LogP contribution is -2.48. The Morgan fingerprint density at radius 2 is 1.85 bits per heavy atom. The fraction of sp³-hybridized carbons (Fsp3) is 0.227. The normalized spacial score (nSPS) is 13.1. The van der Waals surface area contributed by atoms with Crippen molar-refractivity contribution < 1.29 is 27.9 Å². The number of anilines is 1. The zero-order valence-corrected chi connectivity index (χ0v) is 21.1. The molecule has 0 aliphatic heterocycles. The van der Waals surface area contributed by atoms with Crippen molar-refractivity contribution in [3.8, 4) is 0 Å². The summed E-state index contributed by atoms with van der Waals surface area (Å²) in [6, 6.07) is 12.2. The average Bonchev–Trinajstić information content (AvgIpc) is 3.35. The quantitative estimate of drug-likeness (QED) is 0.213. The first-order chi connectivity index (χ1) is 16.1. The number of carbonyl (C=O) groups excluding carboxylic acids is 2. The number of aromatic nitrogens is 1. The van der Waals surface area contributed by atoms with E-state index in [1.165, 1.54) is 35.6 Å². The number of carbonyl (C=O) groups is 2. The van der Waals surface area contributed by atoms with Gasteiger partial charge in [-0.05, 0) is 48.5 Å². The standard InChI is InChI=1S/C22H21ClN2O6S3/c1-31-20(27)22(28,13-33-21-24-10-11-32-21)14-34(29,30)18-8-6-17(7-9-18)25-12-19(26)15-2-4-16(23)5-3-15/h2-11,25,28H,12-14H2,1H3. The van der Waals surface area contributed by atoms with Gasteiger partial charge >= 0.3 is 5.97 Å². The van der Waals surface area contributed by atoms with Crippen molar-refractivity contribution >= 4 is 62.0 Å². The number of nitrogens with one attached hydrogen (secondary N) is 1. The van der Waals surface area contributed by atoms with Gasteiger partial charge in [-0.3, -0.25) is 4.79 Å². The Labute approximate surface area is 210 Å². The molecule has 1 heterocycles. The maximum atomic E-state index is 12.9. The number of ketones is 1. The second kappa shape index (κ2) is 11.3. The van der Waals surface area contributed by atoms with E-state index in [1.807, 2.05) is 0 Å². The molecule has 0 saturated heterocycles. The van der Waals surface area contributed by atoms with Crippen LogP contribution in [0.25, 0.3) is 0 Å². The van der Waals surface area contributed by atoms with Gasteiger partial charge in [-0.15, -0.1) is 11.3 Å². The van der Waals surface area contributed by atoms with Crippen LogP contribution >= 0.6 is 34.7 Å². The fourth-order valence-electron chi connectivity index (χ4n) is 2.91. The average molecular weight is 541 g/mol. The summed E-state index contributed by atoms with van der Waals surface area (Å²) in [5.74, 6) is -2.29. The first-order valence-electron chi connectivity index (χ1n) is 9.81.